The van der Waals surface area contributed by atoms with E-state index in [1.807, 2.05) is 42.5 Å². The molecule has 0 fully saturated rings. The predicted molar refractivity (Wildman–Crippen MR) is 126 cm³/mol. The second kappa shape index (κ2) is 9.91. The summed E-state index contributed by atoms with van der Waals surface area (Å²) in [7, 11) is 3.09. The maximum absolute atomic E-state index is 12.9. The first kappa shape index (κ1) is 22.0. The fraction of sp³-hybridized carbons (Fsp3) is 0.154. The highest BCUT2D eigenvalue weighted by molar-refractivity contribution is 6.09. The van der Waals surface area contributed by atoms with Crippen molar-refractivity contribution < 1.29 is 23.8 Å². The van der Waals surface area contributed by atoms with Crippen LogP contribution >= 0.6 is 0 Å². The van der Waals surface area contributed by atoms with Gasteiger partial charge in [0.25, 0.3) is 0 Å². The van der Waals surface area contributed by atoms with Crippen LogP contribution in [0, 0.1) is 0 Å². The topological polar surface area (TPSA) is 78.8 Å². The van der Waals surface area contributed by atoms with Crippen molar-refractivity contribution in [1.82, 2.24) is 4.57 Å². The number of amides is 1. The number of rotatable bonds is 9. The molecule has 0 saturated carbocycles. The van der Waals surface area contributed by atoms with Crippen molar-refractivity contribution in [2.24, 2.45) is 0 Å². The molecule has 0 bridgehead atoms. The number of benzene rings is 3. The van der Waals surface area contributed by atoms with E-state index >= 15 is 0 Å². The minimum atomic E-state index is -0.262. The zero-order chi connectivity index (χ0) is 23.2. The van der Waals surface area contributed by atoms with Crippen LogP contribution in [-0.2, 0) is 11.3 Å². The zero-order valence-electron chi connectivity index (χ0n) is 18.4. The van der Waals surface area contributed by atoms with Crippen LogP contribution in [0.4, 0.5) is 5.69 Å². The Kier molecular flexibility index (Phi) is 6.59. The maximum atomic E-state index is 12.9. The summed E-state index contributed by atoms with van der Waals surface area (Å²) < 4.78 is 17.9. The second-order valence-electron chi connectivity index (χ2n) is 7.33. The van der Waals surface area contributed by atoms with Gasteiger partial charge in [0.1, 0.15) is 23.8 Å². The molecule has 0 aliphatic rings. The first-order valence-electron chi connectivity index (χ1n) is 10.4. The fourth-order valence-electron chi connectivity index (χ4n) is 3.60. The molecule has 168 valence electrons. The number of nitrogens with one attached hydrogen (secondary N) is 1. The lowest BCUT2D eigenvalue weighted by Crippen LogP contribution is -2.19. The molecule has 7 heteroatoms. The Morgan fingerprint density at radius 2 is 1.64 bits per heavy atom. The highest BCUT2D eigenvalue weighted by Gasteiger charge is 2.17. The number of para-hydroxylation sites is 2. The number of fused-ring (bicyclic) bond motifs is 1. The van der Waals surface area contributed by atoms with E-state index in [2.05, 4.69) is 5.32 Å². The Labute approximate surface area is 191 Å². The number of Topliss-reactive ketones (excluding diaryl/α,β-unsaturated/α-hetero) is 1. The number of carbonyl (C=O) groups is 2. The number of ether oxygens (including phenoxy) is 3. The van der Waals surface area contributed by atoms with Crippen molar-refractivity contribution in [1.29, 1.82) is 0 Å². The number of methoxy groups -OCH3 is 2. The van der Waals surface area contributed by atoms with Gasteiger partial charge >= 0.3 is 0 Å². The monoisotopic (exact) mass is 444 g/mol. The zero-order valence-corrected chi connectivity index (χ0v) is 18.4. The van der Waals surface area contributed by atoms with Crippen LogP contribution in [0.25, 0.3) is 10.9 Å². The smallest absolute Gasteiger partial charge is 0.244 e. The van der Waals surface area contributed by atoms with E-state index in [0.29, 0.717) is 28.5 Å². The number of nitrogens with zero attached hydrogens (tertiary/aromatic N) is 1. The molecule has 0 atom stereocenters. The number of aromatic nitrogens is 1. The van der Waals surface area contributed by atoms with Crippen molar-refractivity contribution >= 4 is 28.3 Å². The third-order valence-electron chi connectivity index (χ3n) is 5.20. The molecule has 0 radical (unpaired) electrons. The van der Waals surface area contributed by atoms with Crippen LogP contribution in [0.5, 0.6) is 17.2 Å². The Balaban J connectivity index is 1.54. The Hall–Kier alpha value is -4.26. The fourth-order valence-corrected chi connectivity index (χ4v) is 3.60. The van der Waals surface area contributed by atoms with Gasteiger partial charge in [-0.1, -0.05) is 36.4 Å². The molecule has 0 aliphatic carbocycles. The quantitative estimate of drug-likeness (QED) is 0.383. The summed E-state index contributed by atoms with van der Waals surface area (Å²) in [6, 6.07) is 21.8. The predicted octanol–water partition coefficient (Wildman–Crippen LogP) is 4.56. The lowest BCUT2D eigenvalue weighted by molar-refractivity contribution is -0.116. The SMILES string of the molecule is COc1ccc(OC)c(NC(=O)Cn2cc(C(=O)COc3ccccc3)c3ccccc32)c1. The molecule has 0 spiro atoms. The Morgan fingerprint density at radius 1 is 0.879 bits per heavy atom. The maximum Gasteiger partial charge on any atom is 0.244 e. The molecule has 1 N–H and O–H groups in total. The second-order valence-corrected chi connectivity index (χ2v) is 7.33. The van der Waals surface area contributed by atoms with Gasteiger partial charge in [0.2, 0.25) is 11.7 Å². The summed E-state index contributed by atoms with van der Waals surface area (Å²) in [4.78, 5) is 25.8. The first-order valence-corrected chi connectivity index (χ1v) is 10.4. The molecular weight excluding hydrogens is 420 g/mol. The molecule has 3 aromatic carbocycles. The summed E-state index contributed by atoms with van der Waals surface area (Å²) in [6.45, 7) is -0.0705. The summed E-state index contributed by atoms with van der Waals surface area (Å²) in [5.41, 5.74) is 1.80. The van der Waals surface area contributed by atoms with Crippen LogP contribution in [0.1, 0.15) is 10.4 Å². The van der Waals surface area contributed by atoms with Gasteiger partial charge < -0.3 is 24.1 Å². The summed E-state index contributed by atoms with van der Waals surface area (Å²) in [5.74, 6) is 1.32. The standard InChI is InChI=1S/C26H24N2O5/c1-31-19-12-13-25(32-2)22(14-19)27-26(30)16-28-15-21(20-10-6-7-11-23(20)28)24(29)17-33-18-8-4-3-5-9-18/h3-15H,16-17H2,1-2H3,(H,27,30). The number of hydrogen-bond acceptors (Lipinski definition) is 5. The molecule has 0 saturated heterocycles. The van der Waals surface area contributed by atoms with Crippen molar-refractivity contribution in [3.63, 3.8) is 0 Å². The van der Waals surface area contributed by atoms with Crippen molar-refractivity contribution in [2.45, 2.75) is 6.54 Å². The Morgan fingerprint density at radius 3 is 2.39 bits per heavy atom. The lowest BCUT2D eigenvalue weighted by atomic mass is 10.1. The molecule has 4 rings (SSSR count). The summed E-state index contributed by atoms with van der Waals surface area (Å²) in [6.07, 6.45) is 1.70. The van der Waals surface area contributed by atoms with E-state index in [9.17, 15) is 9.59 Å². The van der Waals surface area contributed by atoms with Crippen LogP contribution in [-0.4, -0.2) is 37.1 Å². The van der Waals surface area contributed by atoms with Gasteiger partial charge in [0, 0.05) is 28.7 Å². The highest BCUT2D eigenvalue weighted by Crippen LogP contribution is 2.29. The normalized spacial score (nSPS) is 10.6. The molecular formula is C26H24N2O5. The molecule has 1 aromatic heterocycles. The van der Waals surface area contributed by atoms with Crippen LogP contribution in [0.2, 0.25) is 0 Å². The number of hydrogen-bond donors (Lipinski definition) is 1. The van der Waals surface area contributed by atoms with E-state index in [-0.39, 0.29) is 24.8 Å². The average Bonchev–Trinajstić information content (AvgIpc) is 3.21. The van der Waals surface area contributed by atoms with Gasteiger partial charge in [-0.3, -0.25) is 9.59 Å². The van der Waals surface area contributed by atoms with Crippen LogP contribution in [0.3, 0.4) is 0 Å². The Bertz CT molecular complexity index is 1280. The van der Waals surface area contributed by atoms with E-state index in [1.165, 1.54) is 7.11 Å². The minimum Gasteiger partial charge on any atom is -0.497 e. The average molecular weight is 444 g/mol. The molecule has 4 aromatic rings. The van der Waals surface area contributed by atoms with E-state index in [4.69, 9.17) is 14.2 Å². The van der Waals surface area contributed by atoms with E-state index in [1.54, 1.807) is 48.2 Å². The minimum absolute atomic E-state index is 0.0215. The van der Waals surface area contributed by atoms with Crippen molar-refractivity contribution in [2.75, 3.05) is 26.1 Å². The van der Waals surface area contributed by atoms with Gasteiger partial charge in [-0.25, -0.2) is 0 Å². The first-order chi connectivity index (χ1) is 16.1. The molecule has 1 heterocycles. The van der Waals surface area contributed by atoms with Crippen molar-refractivity contribution in [3.8, 4) is 17.2 Å². The van der Waals surface area contributed by atoms with Gasteiger partial charge in [-0.2, -0.15) is 0 Å². The molecule has 1 amide bonds. The summed E-state index contributed by atoms with van der Waals surface area (Å²) in [5, 5.41) is 3.63. The largest absolute Gasteiger partial charge is 0.497 e. The van der Waals surface area contributed by atoms with E-state index in [0.717, 1.165) is 10.9 Å². The number of ketones is 1. The number of carbonyl (C=O) groups excluding carboxylic acids is 2. The van der Waals surface area contributed by atoms with Gasteiger partial charge in [0.05, 0.1) is 19.9 Å². The van der Waals surface area contributed by atoms with Crippen molar-refractivity contribution in [3.05, 3.63) is 84.6 Å². The number of anilines is 1. The third-order valence-corrected chi connectivity index (χ3v) is 5.20. The van der Waals surface area contributed by atoms with Gasteiger partial charge in [0.15, 0.2) is 6.61 Å². The molecule has 0 unspecified atom stereocenters. The molecule has 7 nitrogen and oxygen atoms in total. The highest BCUT2D eigenvalue weighted by atomic mass is 16.5. The molecule has 0 aliphatic heterocycles. The van der Waals surface area contributed by atoms with Gasteiger partial charge in [-0.15, -0.1) is 0 Å². The van der Waals surface area contributed by atoms with E-state index < -0.39 is 0 Å². The van der Waals surface area contributed by atoms with Gasteiger partial charge in [-0.05, 0) is 30.3 Å². The van der Waals surface area contributed by atoms with Crippen LogP contribution in [0.15, 0.2) is 79.0 Å². The summed E-state index contributed by atoms with van der Waals surface area (Å²) >= 11 is 0. The van der Waals surface area contributed by atoms with Crippen LogP contribution < -0.4 is 19.5 Å². The lowest BCUT2D eigenvalue weighted by Gasteiger charge is -2.12. The third kappa shape index (κ3) is 4.98. The molecule has 33 heavy (non-hydrogen) atoms.